The summed E-state index contributed by atoms with van der Waals surface area (Å²) >= 11 is 0. The van der Waals surface area contributed by atoms with E-state index in [1.165, 1.54) is 12.8 Å². The first-order valence-electron chi connectivity index (χ1n) is 8.89. The molecule has 2 aliphatic heterocycles. The lowest BCUT2D eigenvalue weighted by Gasteiger charge is -2.22. The van der Waals surface area contributed by atoms with E-state index < -0.39 is 6.04 Å². The fraction of sp³-hybridized carbons (Fsp3) is 0.500. The largest absolute Gasteiger partial charge is 0.439 e. The number of carbonyl (C=O) groups excluding carboxylic acids is 2. The Labute approximate surface area is 145 Å². The molecule has 2 aromatic rings. The lowest BCUT2D eigenvalue weighted by Crippen LogP contribution is -2.46. The molecular weight excluding hydrogens is 320 g/mol. The summed E-state index contributed by atoms with van der Waals surface area (Å²) in [6.45, 7) is 2.91. The molecule has 3 heterocycles. The highest BCUT2D eigenvalue weighted by molar-refractivity contribution is 5.98. The Morgan fingerprint density at radius 2 is 2.16 bits per heavy atom. The first-order valence-corrected chi connectivity index (χ1v) is 8.89. The number of fused-ring (bicyclic) bond motifs is 1. The number of nitrogens with zero attached hydrogens (tertiary/aromatic N) is 2. The Hall–Kier alpha value is -2.41. The van der Waals surface area contributed by atoms with Crippen LogP contribution in [0.3, 0.4) is 0 Å². The van der Waals surface area contributed by atoms with Crippen molar-refractivity contribution >= 4 is 28.6 Å². The van der Waals surface area contributed by atoms with Crippen LogP contribution in [0.25, 0.3) is 11.1 Å². The van der Waals surface area contributed by atoms with Crippen molar-refractivity contribution in [3.63, 3.8) is 0 Å². The van der Waals surface area contributed by atoms with Gasteiger partial charge in [0.15, 0.2) is 5.58 Å². The first-order chi connectivity index (χ1) is 12.2. The summed E-state index contributed by atoms with van der Waals surface area (Å²) in [4.78, 5) is 30.6. The Kier molecular flexibility index (Phi) is 4.40. The molecule has 7 nitrogen and oxygen atoms in total. The highest BCUT2D eigenvalue weighted by atomic mass is 16.3. The minimum Gasteiger partial charge on any atom is -0.439 e. The van der Waals surface area contributed by atoms with Gasteiger partial charge in [-0.3, -0.25) is 14.5 Å². The maximum absolute atomic E-state index is 12.3. The van der Waals surface area contributed by atoms with E-state index in [0.717, 1.165) is 37.2 Å². The van der Waals surface area contributed by atoms with Gasteiger partial charge < -0.3 is 15.1 Å². The van der Waals surface area contributed by atoms with E-state index in [4.69, 9.17) is 4.42 Å². The van der Waals surface area contributed by atoms with Crippen LogP contribution in [0, 0.1) is 0 Å². The molecule has 0 unspecified atom stereocenters. The zero-order chi connectivity index (χ0) is 17.2. The molecule has 0 aliphatic carbocycles. The minimum atomic E-state index is -0.458. The quantitative estimate of drug-likeness (QED) is 0.888. The highest BCUT2D eigenvalue weighted by Gasteiger charge is 2.24. The Bertz CT molecular complexity index is 795. The number of likely N-dealkylation sites (tertiary alicyclic amines) is 1. The second-order valence-electron chi connectivity index (χ2n) is 6.77. The molecule has 2 amide bonds. The molecule has 2 saturated heterocycles. The molecule has 0 radical (unpaired) electrons. The van der Waals surface area contributed by atoms with Gasteiger partial charge >= 0.3 is 0 Å². The van der Waals surface area contributed by atoms with E-state index in [-0.39, 0.29) is 11.8 Å². The molecule has 2 N–H and O–H groups in total. The van der Waals surface area contributed by atoms with Crippen LogP contribution in [0.5, 0.6) is 0 Å². The number of nitrogens with one attached hydrogen (secondary N) is 2. The molecule has 0 bridgehead atoms. The summed E-state index contributed by atoms with van der Waals surface area (Å²) in [5.74, 6) is 0.456. The number of aromatic nitrogens is 1. The number of rotatable bonds is 4. The van der Waals surface area contributed by atoms with Crippen LogP contribution in [0.15, 0.2) is 22.6 Å². The number of benzene rings is 1. The summed E-state index contributed by atoms with van der Waals surface area (Å²) in [6.07, 6.45) is 4.37. The molecule has 1 aromatic heterocycles. The van der Waals surface area contributed by atoms with Crippen LogP contribution >= 0.6 is 0 Å². The summed E-state index contributed by atoms with van der Waals surface area (Å²) in [6, 6.07) is 4.98. The van der Waals surface area contributed by atoms with Gasteiger partial charge in [-0.2, -0.15) is 0 Å². The average Bonchev–Trinajstić information content (AvgIpc) is 3.24. The SMILES string of the molecule is O=C1CCC[C@@H](C(=O)Nc2ccc3oc(CN4CCCC4)nc3c2)N1. The fourth-order valence-electron chi connectivity index (χ4n) is 3.48. The zero-order valence-corrected chi connectivity index (χ0v) is 14.1. The van der Waals surface area contributed by atoms with Crippen LogP contribution in [0.1, 0.15) is 38.0 Å². The average molecular weight is 342 g/mol. The molecule has 2 aliphatic rings. The standard InChI is InChI=1S/C18H22N4O3/c23-16-5-3-4-13(20-16)18(24)19-12-6-7-15-14(10-12)21-17(25-15)11-22-8-1-2-9-22/h6-7,10,13H,1-5,8-9,11H2,(H,19,24)(H,20,23)/t13-/m0/s1. The van der Waals surface area contributed by atoms with Gasteiger partial charge in [0.05, 0.1) is 6.54 Å². The Balaban J connectivity index is 1.45. The number of hydrogen-bond donors (Lipinski definition) is 2. The summed E-state index contributed by atoms with van der Waals surface area (Å²) in [5, 5.41) is 5.59. The van der Waals surface area contributed by atoms with E-state index in [1.54, 1.807) is 6.07 Å². The van der Waals surface area contributed by atoms with Gasteiger partial charge in [-0.25, -0.2) is 4.98 Å². The van der Waals surface area contributed by atoms with E-state index in [1.807, 2.05) is 12.1 Å². The fourth-order valence-corrected chi connectivity index (χ4v) is 3.48. The monoisotopic (exact) mass is 342 g/mol. The molecule has 2 fully saturated rings. The van der Waals surface area contributed by atoms with Crippen molar-refractivity contribution in [2.24, 2.45) is 0 Å². The topological polar surface area (TPSA) is 87.5 Å². The van der Waals surface area contributed by atoms with Gasteiger partial charge in [0.2, 0.25) is 17.7 Å². The van der Waals surface area contributed by atoms with Gasteiger partial charge in [0, 0.05) is 12.1 Å². The highest BCUT2D eigenvalue weighted by Crippen LogP contribution is 2.22. The van der Waals surface area contributed by atoms with E-state index >= 15 is 0 Å². The number of hydrogen-bond acceptors (Lipinski definition) is 5. The van der Waals surface area contributed by atoms with Gasteiger partial charge in [-0.05, 0) is 57.0 Å². The molecule has 4 rings (SSSR count). The number of piperidine rings is 1. The second kappa shape index (κ2) is 6.84. The summed E-state index contributed by atoms with van der Waals surface area (Å²) < 4.78 is 5.80. The van der Waals surface area contributed by atoms with Crippen molar-refractivity contribution in [2.45, 2.75) is 44.7 Å². The molecular formula is C18H22N4O3. The van der Waals surface area contributed by atoms with E-state index in [9.17, 15) is 9.59 Å². The summed E-state index contributed by atoms with van der Waals surface area (Å²) in [7, 11) is 0. The second-order valence-corrected chi connectivity index (χ2v) is 6.77. The Morgan fingerprint density at radius 1 is 1.32 bits per heavy atom. The van der Waals surface area contributed by atoms with Crippen LogP contribution < -0.4 is 10.6 Å². The molecule has 1 atom stereocenters. The molecule has 132 valence electrons. The smallest absolute Gasteiger partial charge is 0.246 e. The van der Waals surface area contributed by atoms with Crippen molar-refractivity contribution < 1.29 is 14.0 Å². The number of carbonyl (C=O) groups is 2. The number of amides is 2. The summed E-state index contributed by atoms with van der Waals surface area (Å²) in [5.41, 5.74) is 2.12. The Morgan fingerprint density at radius 3 is 2.96 bits per heavy atom. The predicted molar refractivity (Wildman–Crippen MR) is 92.9 cm³/mol. The van der Waals surface area contributed by atoms with Crippen LogP contribution in [0.4, 0.5) is 5.69 Å². The maximum atomic E-state index is 12.3. The molecule has 0 saturated carbocycles. The van der Waals surface area contributed by atoms with Gasteiger partial charge in [-0.1, -0.05) is 0 Å². The van der Waals surface area contributed by atoms with Crippen LogP contribution in [-0.2, 0) is 16.1 Å². The predicted octanol–water partition coefficient (Wildman–Crippen LogP) is 2.03. The van der Waals surface area contributed by atoms with Crippen molar-refractivity contribution in [1.82, 2.24) is 15.2 Å². The normalized spacial score (nSPS) is 21.4. The van der Waals surface area contributed by atoms with Gasteiger partial charge in [-0.15, -0.1) is 0 Å². The van der Waals surface area contributed by atoms with Crippen molar-refractivity contribution in [3.8, 4) is 0 Å². The molecule has 7 heteroatoms. The number of anilines is 1. The van der Waals surface area contributed by atoms with Crippen molar-refractivity contribution in [3.05, 3.63) is 24.1 Å². The van der Waals surface area contributed by atoms with E-state index in [2.05, 4.69) is 20.5 Å². The van der Waals surface area contributed by atoms with Crippen LogP contribution in [0.2, 0.25) is 0 Å². The lowest BCUT2D eigenvalue weighted by atomic mass is 10.0. The lowest BCUT2D eigenvalue weighted by molar-refractivity contribution is -0.128. The number of oxazole rings is 1. The maximum Gasteiger partial charge on any atom is 0.246 e. The third-order valence-electron chi connectivity index (χ3n) is 4.81. The minimum absolute atomic E-state index is 0.0649. The molecule has 25 heavy (non-hydrogen) atoms. The first kappa shape index (κ1) is 16.1. The third kappa shape index (κ3) is 3.66. The van der Waals surface area contributed by atoms with Gasteiger partial charge in [0.1, 0.15) is 11.6 Å². The molecule has 1 aromatic carbocycles. The van der Waals surface area contributed by atoms with Crippen molar-refractivity contribution in [2.75, 3.05) is 18.4 Å². The van der Waals surface area contributed by atoms with Gasteiger partial charge in [0.25, 0.3) is 0 Å². The molecule has 0 spiro atoms. The van der Waals surface area contributed by atoms with Crippen LogP contribution in [-0.4, -0.2) is 40.8 Å². The van der Waals surface area contributed by atoms with E-state index in [0.29, 0.717) is 24.4 Å². The third-order valence-corrected chi connectivity index (χ3v) is 4.81. The zero-order valence-electron chi connectivity index (χ0n) is 14.1. The van der Waals surface area contributed by atoms with Crippen molar-refractivity contribution in [1.29, 1.82) is 0 Å².